The summed E-state index contributed by atoms with van der Waals surface area (Å²) in [7, 11) is -3.73. The van der Waals surface area contributed by atoms with E-state index in [1.165, 1.54) is 18.6 Å². The van der Waals surface area contributed by atoms with Crippen molar-refractivity contribution in [1.29, 1.82) is 0 Å². The maximum Gasteiger partial charge on any atom is 0.321 e. The number of nitrogens with zero attached hydrogens (tertiary/aromatic N) is 4. The van der Waals surface area contributed by atoms with Gasteiger partial charge in [0.25, 0.3) is 10.0 Å². The number of rotatable bonds is 5. The Morgan fingerprint density at radius 3 is 2.34 bits per heavy atom. The lowest BCUT2D eigenvalue weighted by molar-refractivity contribution is 0.208. The lowest BCUT2D eigenvalue weighted by Crippen LogP contribution is -2.50. The molecule has 4 rings (SSSR count). The number of hydrogen-bond acceptors (Lipinski definition) is 6. The number of hydrogen-bond donors (Lipinski definition) is 2. The quantitative estimate of drug-likeness (QED) is 0.616. The predicted octanol–water partition coefficient (Wildman–Crippen LogP) is 2.94. The Kier molecular flexibility index (Phi) is 6.22. The molecule has 1 saturated heterocycles. The predicted molar refractivity (Wildman–Crippen MR) is 123 cm³/mol. The Balaban J connectivity index is 1.35. The van der Waals surface area contributed by atoms with Crippen LogP contribution in [0.3, 0.4) is 0 Å². The van der Waals surface area contributed by atoms with Crippen molar-refractivity contribution >= 4 is 33.2 Å². The number of carbonyl (C=O) groups excluding carboxylic acids is 1. The molecular formula is C22H24N6O3S. The zero-order valence-electron chi connectivity index (χ0n) is 17.6. The van der Waals surface area contributed by atoms with Crippen LogP contribution in [-0.2, 0) is 10.0 Å². The number of carbonyl (C=O) groups is 1. The molecule has 3 aromatic rings. The summed E-state index contributed by atoms with van der Waals surface area (Å²) in [5.41, 5.74) is 2.74. The molecule has 2 aromatic carbocycles. The van der Waals surface area contributed by atoms with E-state index in [4.69, 9.17) is 0 Å². The molecule has 2 heterocycles. The number of aryl methyl sites for hydroxylation is 1. The van der Waals surface area contributed by atoms with Crippen LogP contribution in [0.15, 0.2) is 72.0 Å². The van der Waals surface area contributed by atoms with Gasteiger partial charge < -0.3 is 15.1 Å². The summed E-state index contributed by atoms with van der Waals surface area (Å²) >= 11 is 0. The zero-order valence-corrected chi connectivity index (χ0v) is 18.4. The van der Waals surface area contributed by atoms with Crippen molar-refractivity contribution in [2.75, 3.05) is 41.1 Å². The first-order valence-corrected chi connectivity index (χ1v) is 11.7. The second-order valence-corrected chi connectivity index (χ2v) is 9.10. The van der Waals surface area contributed by atoms with Gasteiger partial charge in [0.05, 0.1) is 4.90 Å². The van der Waals surface area contributed by atoms with Gasteiger partial charge in [-0.15, -0.1) is 0 Å². The first-order valence-electron chi connectivity index (χ1n) is 10.2. The molecule has 1 aliphatic rings. The van der Waals surface area contributed by atoms with Gasteiger partial charge in [-0.25, -0.2) is 23.2 Å². The third-order valence-electron chi connectivity index (χ3n) is 5.29. The van der Waals surface area contributed by atoms with Gasteiger partial charge in [-0.05, 0) is 48.9 Å². The fourth-order valence-electron chi connectivity index (χ4n) is 3.46. The van der Waals surface area contributed by atoms with Gasteiger partial charge in [-0.3, -0.25) is 4.72 Å². The fourth-order valence-corrected chi connectivity index (χ4v) is 4.47. The fraction of sp³-hybridized carbons (Fsp3) is 0.227. The SMILES string of the molecule is Cc1ccccc1NC(=O)N1CCN(c2ccc(S(=O)(=O)Nc3ccncn3)cc2)CC1. The maximum absolute atomic E-state index is 12.6. The summed E-state index contributed by atoms with van der Waals surface area (Å²) in [6.45, 7) is 4.43. The van der Waals surface area contributed by atoms with Crippen molar-refractivity contribution in [3.05, 3.63) is 72.7 Å². The van der Waals surface area contributed by atoms with E-state index >= 15 is 0 Å². The van der Waals surface area contributed by atoms with Crippen LogP contribution >= 0.6 is 0 Å². The molecule has 10 heteroatoms. The Morgan fingerprint density at radius 1 is 0.969 bits per heavy atom. The number of nitrogens with one attached hydrogen (secondary N) is 2. The highest BCUT2D eigenvalue weighted by Crippen LogP contribution is 2.21. The maximum atomic E-state index is 12.6. The Labute approximate surface area is 187 Å². The summed E-state index contributed by atoms with van der Waals surface area (Å²) in [6.07, 6.45) is 2.75. The molecule has 166 valence electrons. The van der Waals surface area contributed by atoms with E-state index in [1.54, 1.807) is 29.2 Å². The highest BCUT2D eigenvalue weighted by Gasteiger charge is 2.22. The monoisotopic (exact) mass is 452 g/mol. The van der Waals surface area contributed by atoms with Crippen molar-refractivity contribution in [1.82, 2.24) is 14.9 Å². The summed E-state index contributed by atoms with van der Waals surface area (Å²) in [5, 5.41) is 2.96. The van der Waals surface area contributed by atoms with Gasteiger partial charge in [-0.1, -0.05) is 18.2 Å². The summed E-state index contributed by atoms with van der Waals surface area (Å²) in [4.78, 5) is 24.3. The number of urea groups is 1. The van der Waals surface area contributed by atoms with Crippen LogP contribution in [-0.4, -0.2) is 55.5 Å². The number of amides is 2. The minimum absolute atomic E-state index is 0.115. The molecule has 2 N–H and O–H groups in total. The molecule has 0 aliphatic carbocycles. The van der Waals surface area contributed by atoms with E-state index in [-0.39, 0.29) is 16.7 Å². The van der Waals surface area contributed by atoms with Crippen LogP contribution in [0.5, 0.6) is 0 Å². The highest BCUT2D eigenvalue weighted by molar-refractivity contribution is 7.92. The highest BCUT2D eigenvalue weighted by atomic mass is 32.2. The van der Waals surface area contributed by atoms with E-state index in [0.717, 1.165) is 16.9 Å². The minimum atomic E-state index is -3.73. The first kappa shape index (κ1) is 21.6. The molecule has 32 heavy (non-hydrogen) atoms. The molecule has 1 aromatic heterocycles. The molecule has 1 fully saturated rings. The van der Waals surface area contributed by atoms with E-state index < -0.39 is 10.0 Å². The standard InChI is InChI=1S/C22H24N6O3S/c1-17-4-2-3-5-20(17)25-22(29)28-14-12-27(13-15-28)18-6-8-19(9-7-18)32(30,31)26-21-10-11-23-16-24-21/h2-11,16H,12-15H2,1H3,(H,25,29)(H,23,24,26). The molecule has 2 amide bonds. The average molecular weight is 453 g/mol. The molecule has 1 aliphatic heterocycles. The van der Waals surface area contributed by atoms with E-state index in [9.17, 15) is 13.2 Å². The van der Waals surface area contributed by atoms with Gasteiger partial charge in [0, 0.05) is 43.8 Å². The minimum Gasteiger partial charge on any atom is -0.368 e. The Hall–Kier alpha value is -3.66. The molecule has 0 unspecified atom stereocenters. The van der Waals surface area contributed by atoms with Crippen molar-refractivity contribution in [2.45, 2.75) is 11.8 Å². The third kappa shape index (κ3) is 4.97. The van der Waals surface area contributed by atoms with Crippen molar-refractivity contribution in [3.8, 4) is 0 Å². The van der Waals surface area contributed by atoms with Gasteiger partial charge >= 0.3 is 6.03 Å². The first-order chi connectivity index (χ1) is 15.4. The lowest BCUT2D eigenvalue weighted by atomic mass is 10.2. The van der Waals surface area contributed by atoms with Gasteiger partial charge in [0.2, 0.25) is 0 Å². The van der Waals surface area contributed by atoms with Crippen LogP contribution in [0.25, 0.3) is 0 Å². The summed E-state index contributed by atoms with van der Waals surface area (Å²) < 4.78 is 27.5. The topological polar surface area (TPSA) is 108 Å². The van der Waals surface area contributed by atoms with Gasteiger partial charge in [0.1, 0.15) is 12.1 Å². The summed E-state index contributed by atoms with van der Waals surface area (Å²) in [6, 6.07) is 15.7. The average Bonchev–Trinajstić information content (AvgIpc) is 2.81. The van der Waals surface area contributed by atoms with Crippen LogP contribution in [0.4, 0.5) is 22.0 Å². The van der Waals surface area contributed by atoms with Crippen LogP contribution in [0.1, 0.15) is 5.56 Å². The molecule has 0 spiro atoms. The van der Waals surface area contributed by atoms with E-state index in [1.807, 2.05) is 31.2 Å². The Morgan fingerprint density at radius 2 is 1.69 bits per heavy atom. The molecule has 0 atom stereocenters. The molecule has 0 radical (unpaired) electrons. The number of para-hydroxylation sites is 1. The Bertz CT molecular complexity index is 1180. The lowest BCUT2D eigenvalue weighted by Gasteiger charge is -2.36. The van der Waals surface area contributed by atoms with Crippen LogP contribution in [0.2, 0.25) is 0 Å². The van der Waals surface area contributed by atoms with E-state index in [0.29, 0.717) is 26.2 Å². The van der Waals surface area contributed by atoms with Crippen molar-refractivity contribution in [2.24, 2.45) is 0 Å². The zero-order chi connectivity index (χ0) is 22.6. The third-order valence-corrected chi connectivity index (χ3v) is 6.66. The van der Waals surface area contributed by atoms with E-state index in [2.05, 4.69) is 24.9 Å². The van der Waals surface area contributed by atoms with Crippen LogP contribution < -0.4 is 14.9 Å². The molecule has 0 bridgehead atoms. The summed E-state index contributed by atoms with van der Waals surface area (Å²) in [5.74, 6) is 0.212. The van der Waals surface area contributed by atoms with Crippen LogP contribution in [0, 0.1) is 6.92 Å². The number of aromatic nitrogens is 2. The van der Waals surface area contributed by atoms with Gasteiger partial charge in [-0.2, -0.15) is 0 Å². The largest absolute Gasteiger partial charge is 0.368 e. The molecule has 0 saturated carbocycles. The second kappa shape index (κ2) is 9.23. The van der Waals surface area contributed by atoms with Crippen molar-refractivity contribution < 1.29 is 13.2 Å². The second-order valence-electron chi connectivity index (χ2n) is 7.41. The number of sulfonamides is 1. The molecular weight excluding hydrogens is 428 g/mol. The number of piperazine rings is 1. The normalized spacial score (nSPS) is 14.2. The van der Waals surface area contributed by atoms with Crippen molar-refractivity contribution in [3.63, 3.8) is 0 Å². The number of anilines is 3. The van der Waals surface area contributed by atoms with Gasteiger partial charge in [0.15, 0.2) is 0 Å². The molecule has 9 nitrogen and oxygen atoms in total. The number of benzene rings is 2. The smallest absolute Gasteiger partial charge is 0.321 e.